The standard InChI is InChI=1S/C27H25F3N6O2S/c1-27(2,38)13-36-24-20(33-34-36)10-17(22(29)23(24)30)25-16(14-6-7-19(32-3)18(28)9-14)11-21(39-25)26(37)35-8-4-5-15(31)12-35/h6-7,9-11,15,38H,4-5,8,12-13,31H2,1-2H3/t15-/m1/s1. The Hall–Kier alpha value is -3.79. The van der Waals surface area contributed by atoms with Crippen LogP contribution in [0.1, 0.15) is 36.4 Å². The van der Waals surface area contributed by atoms with Gasteiger partial charge in [0, 0.05) is 35.1 Å². The molecule has 2 aromatic heterocycles. The molecule has 0 unspecified atom stereocenters. The fourth-order valence-corrected chi connectivity index (χ4v) is 5.90. The van der Waals surface area contributed by atoms with Crippen LogP contribution < -0.4 is 5.73 Å². The van der Waals surface area contributed by atoms with Gasteiger partial charge in [0.1, 0.15) is 16.9 Å². The van der Waals surface area contributed by atoms with E-state index in [1.165, 1.54) is 38.1 Å². The molecule has 39 heavy (non-hydrogen) atoms. The molecule has 0 aliphatic carbocycles. The third kappa shape index (κ3) is 5.13. The zero-order valence-corrected chi connectivity index (χ0v) is 22.0. The van der Waals surface area contributed by atoms with Gasteiger partial charge in [-0.2, -0.15) is 0 Å². The number of nitrogens with zero attached hydrogens (tertiary/aromatic N) is 5. The lowest BCUT2D eigenvalue weighted by atomic mass is 10.0. The van der Waals surface area contributed by atoms with Crippen molar-refractivity contribution in [3.63, 3.8) is 0 Å². The highest BCUT2D eigenvalue weighted by Crippen LogP contribution is 2.43. The SMILES string of the molecule is [C-]#[N+]c1ccc(-c2cc(C(=O)N3CCC[C@@H](N)C3)sc2-c2cc3nnn(CC(C)(C)O)c3c(F)c2F)cc1F. The maximum absolute atomic E-state index is 15.7. The van der Waals surface area contributed by atoms with Crippen molar-refractivity contribution in [2.45, 2.75) is 44.9 Å². The lowest BCUT2D eigenvalue weighted by Crippen LogP contribution is -2.45. The third-order valence-electron chi connectivity index (χ3n) is 6.53. The minimum atomic E-state index is -1.25. The lowest BCUT2D eigenvalue weighted by Gasteiger charge is -2.30. The lowest BCUT2D eigenvalue weighted by molar-refractivity contribution is 0.0583. The van der Waals surface area contributed by atoms with E-state index in [-0.39, 0.29) is 50.5 Å². The second-order valence-electron chi connectivity index (χ2n) is 10.3. The van der Waals surface area contributed by atoms with Crippen LogP contribution in [0.2, 0.25) is 0 Å². The molecule has 0 bridgehead atoms. The van der Waals surface area contributed by atoms with Crippen LogP contribution in [0.3, 0.4) is 0 Å². The highest BCUT2D eigenvalue weighted by molar-refractivity contribution is 7.18. The van der Waals surface area contributed by atoms with Crippen LogP contribution in [0, 0.1) is 24.0 Å². The predicted octanol–water partition coefficient (Wildman–Crippen LogP) is 5.13. The number of thiophene rings is 1. The molecule has 0 radical (unpaired) electrons. The number of amides is 1. The van der Waals surface area contributed by atoms with Crippen LogP contribution in [-0.2, 0) is 6.54 Å². The number of rotatable bonds is 5. The van der Waals surface area contributed by atoms with Crippen LogP contribution in [0.25, 0.3) is 37.4 Å². The molecule has 2 aromatic carbocycles. The van der Waals surface area contributed by atoms with E-state index in [4.69, 9.17) is 12.3 Å². The van der Waals surface area contributed by atoms with Crippen molar-refractivity contribution in [3.8, 4) is 21.6 Å². The van der Waals surface area contributed by atoms with Crippen LogP contribution in [0.4, 0.5) is 18.9 Å². The molecule has 8 nitrogen and oxygen atoms in total. The van der Waals surface area contributed by atoms with Crippen molar-refractivity contribution in [3.05, 3.63) is 64.1 Å². The zero-order valence-electron chi connectivity index (χ0n) is 21.2. The number of carbonyl (C=O) groups excluding carboxylic acids is 1. The molecular weight excluding hydrogens is 529 g/mol. The number of halogens is 3. The number of likely N-dealkylation sites (tertiary alicyclic amines) is 1. The molecule has 1 aliphatic heterocycles. The minimum absolute atomic E-state index is 0.0527. The Morgan fingerprint density at radius 3 is 2.67 bits per heavy atom. The Morgan fingerprint density at radius 1 is 1.23 bits per heavy atom. The van der Waals surface area contributed by atoms with Crippen molar-refractivity contribution in [1.82, 2.24) is 19.9 Å². The van der Waals surface area contributed by atoms with Gasteiger partial charge in [-0.05, 0) is 50.5 Å². The van der Waals surface area contributed by atoms with Gasteiger partial charge in [0.15, 0.2) is 11.6 Å². The van der Waals surface area contributed by atoms with Crippen LogP contribution in [-0.4, -0.2) is 55.6 Å². The fourth-order valence-electron chi connectivity index (χ4n) is 4.74. The van der Waals surface area contributed by atoms with Crippen molar-refractivity contribution in [1.29, 1.82) is 0 Å². The first-order chi connectivity index (χ1) is 18.5. The molecule has 4 aromatic rings. The number of carbonyl (C=O) groups is 1. The molecule has 202 valence electrons. The zero-order chi connectivity index (χ0) is 28.1. The number of hydrogen-bond donors (Lipinski definition) is 2. The van der Waals surface area contributed by atoms with E-state index in [0.717, 1.165) is 34.9 Å². The monoisotopic (exact) mass is 554 g/mol. The van der Waals surface area contributed by atoms with Crippen molar-refractivity contribution >= 4 is 34.0 Å². The Morgan fingerprint density at radius 2 is 2.00 bits per heavy atom. The molecule has 1 fully saturated rings. The Kier molecular flexibility index (Phi) is 6.92. The molecule has 1 atom stereocenters. The van der Waals surface area contributed by atoms with Gasteiger partial charge in [-0.3, -0.25) is 4.79 Å². The Bertz CT molecular complexity index is 1640. The van der Waals surface area contributed by atoms with Gasteiger partial charge in [0.25, 0.3) is 5.91 Å². The number of aromatic nitrogens is 3. The average Bonchev–Trinajstić information content (AvgIpc) is 3.49. The van der Waals surface area contributed by atoms with E-state index >= 15 is 8.78 Å². The molecule has 0 spiro atoms. The van der Waals surface area contributed by atoms with Gasteiger partial charge in [-0.1, -0.05) is 17.3 Å². The summed E-state index contributed by atoms with van der Waals surface area (Å²) in [7, 11) is 0. The summed E-state index contributed by atoms with van der Waals surface area (Å²) in [6.45, 7) is 10.9. The Labute approximate surface area is 226 Å². The molecule has 12 heteroatoms. The van der Waals surface area contributed by atoms with Gasteiger partial charge in [-0.25, -0.2) is 22.7 Å². The quantitative estimate of drug-likeness (QED) is 0.333. The van der Waals surface area contributed by atoms with Crippen molar-refractivity contribution < 1.29 is 23.1 Å². The number of fused-ring (bicyclic) bond motifs is 1. The average molecular weight is 555 g/mol. The van der Waals surface area contributed by atoms with E-state index in [1.54, 1.807) is 4.90 Å². The largest absolute Gasteiger partial charge is 0.389 e. The van der Waals surface area contributed by atoms with Crippen molar-refractivity contribution in [2.24, 2.45) is 5.73 Å². The molecule has 1 saturated heterocycles. The van der Waals surface area contributed by atoms with Crippen LogP contribution in [0.5, 0.6) is 0 Å². The van der Waals surface area contributed by atoms with E-state index in [9.17, 15) is 14.3 Å². The summed E-state index contributed by atoms with van der Waals surface area (Å²) in [5.74, 6) is -3.48. The number of benzene rings is 2. The van der Waals surface area contributed by atoms with E-state index in [2.05, 4.69) is 15.2 Å². The molecule has 5 rings (SSSR count). The summed E-state index contributed by atoms with van der Waals surface area (Å²) in [5.41, 5.74) is 4.90. The summed E-state index contributed by atoms with van der Waals surface area (Å²) in [4.78, 5) is 18.6. The molecule has 1 aliphatic rings. The summed E-state index contributed by atoms with van der Waals surface area (Å²) < 4.78 is 46.8. The van der Waals surface area contributed by atoms with E-state index < -0.39 is 23.1 Å². The van der Waals surface area contributed by atoms with Gasteiger partial charge < -0.3 is 15.7 Å². The van der Waals surface area contributed by atoms with Gasteiger partial charge in [-0.15, -0.1) is 16.4 Å². The summed E-state index contributed by atoms with van der Waals surface area (Å²) in [5, 5.41) is 18.0. The first kappa shape index (κ1) is 26.8. The van der Waals surface area contributed by atoms with E-state index in [1.807, 2.05) is 0 Å². The summed E-state index contributed by atoms with van der Waals surface area (Å²) >= 11 is 0.958. The number of hydrogen-bond acceptors (Lipinski definition) is 6. The second-order valence-corrected chi connectivity index (χ2v) is 11.3. The van der Waals surface area contributed by atoms with Crippen LogP contribution >= 0.6 is 11.3 Å². The van der Waals surface area contributed by atoms with Gasteiger partial charge in [0.2, 0.25) is 5.69 Å². The first-order valence-electron chi connectivity index (χ1n) is 12.3. The van der Waals surface area contributed by atoms with E-state index in [0.29, 0.717) is 24.2 Å². The number of nitrogens with two attached hydrogens (primary N) is 1. The molecule has 3 heterocycles. The maximum atomic E-state index is 15.7. The fraction of sp³-hybridized carbons (Fsp3) is 0.333. The minimum Gasteiger partial charge on any atom is -0.389 e. The predicted molar refractivity (Wildman–Crippen MR) is 142 cm³/mol. The molecule has 1 amide bonds. The smallest absolute Gasteiger partial charge is 0.264 e. The topological polar surface area (TPSA) is 102 Å². The molecular formula is C27H25F3N6O2S. The summed E-state index contributed by atoms with van der Waals surface area (Å²) in [6.07, 6.45) is 1.55. The highest BCUT2D eigenvalue weighted by atomic mass is 32.1. The normalized spacial score (nSPS) is 16.1. The number of aliphatic hydroxyl groups is 1. The van der Waals surface area contributed by atoms with Gasteiger partial charge >= 0.3 is 0 Å². The Balaban J connectivity index is 1.68. The summed E-state index contributed by atoms with van der Waals surface area (Å²) in [6, 6.07) is 6.63. The maximum Gasteiger partial charge on any atom is 0.264 e. The second kappa shape index (κ2) is 10.1. The van der Waals surface area contributed by atoms with Gasteiger partial charge in [0.05, 0.1) is 23.6 Å². The molecule has 3 N–H and O–H groups in total. The van der Waals surface area contributed by atoms with Crippen molar-refractivity contribution in [2.75, 3.05) is 13.1 Å². The highest BCUT2D eigenvalue weighted by Gasteiger charge is 2.29. The third-order valence-corrected chi connectivity index (χ3v) is 7.68. The van der Waals surface area contributed by atoms with Crippen LogP contribution in [0.15, 0.2) is 30.3 Å². The first-order valence-corrected chi connectivity index (χ1v) is 13.1. The number of piperidine rings is 1. The molecule has 0 saturated carbocycles.